The van der Waals surface area contributed by atoms with Crippen LogP contribution in [-0.4, -0.2) is 92.7 Å². The fourth-order valence-electron chi connectivity index (χ4n) is 9.53. The predicted octanol–water partition coefficient (Wildman–Crippen LogP) is 0.979. The SMILES string of the molecule is CC1=C[C@H]2C(=O)C3CCCC(O[C@H]4O[C@H](CO)[C@@H](O)[C@@](O)(CC5(C6CCNC(N)C6)CCCC5)[C@H]4O)C3C(=O)[C@@H]2C(O)=C1. The van der Waals surface area contributed by atoms with Gasteiger partial charge in [-0.3, -0.25) is 9.59 Å². The molecule has 11 heteroatoms. The van der Waals surface area contributed by atoms with E-state index in [4.69, 9.17) is 15.2 Å². The molecule has 43 heavy (non-hydrogen) atoms. The number of carbonyl (C=O) groups excluding carboxylic acids is 2. The van der Waals surface area contributed by atoms with Crippen molar-refractivity contribution in [2.24, 2.45) is 40.7 Å². The molecule has 4 aliphatic carbocycles. The highest BCUT2D eigenvalue weighted by molar-refractivity contribution is 6.02. The highest BCUT2D eigenvalue weighted by atomic mass is 16.7. The Morgan fingerprint density at radius 1 is 1.09 bits per heavy atom. The summed E-state index contributed by atoms with van der Waals surface area (Å²) in [5, 5.41) is 59.4. The van der Waals surface area contributed by atoms with Gasteiger partial charge in [-0.15, -0.1) is 0 Å². The Labute approximate surface area is 252 Å². The third-order valence-electron chi connectivity index (χ3n) is 11.6. The van der Waals surface area contributed by atoms with Crippen LogP contribution in [0, 0.1) is 35.0 Å². The van der Waals surface area contributed by atoms with Crippen molar-refractivity contribution in [3.63, 3.8) is 0 Å². The number of piperidine rings is 1. The summed E-state index contributed by atoms with van der Waals surface area (Å²) < 4.78 is 12.2. The van der Waals surface area contributed by atoms with Gasteiger partial charge in [0.15, 0.2) is 12.1 Å². The van der Waals surface area contributed by atoms with Crippen molar-refractivity contribution >= 4 is 11.6 Å². The third-order valence-corrected chi connectivity index (χ3v) is 11.6. The van der Waals surface area contributed by atoms with Crippen molar-refractivity contribution < 1.29 is 44.6 Å². The van der Waals surface area contributed by atoms with Gasteiger partial charge in [-0.25, -0.2) is 0 Å². The molecule has 3 saturated carbocycles. The standard InChI is InChI=1S/C32H48N2O9/c1-16-11-19-24(20(36)12-16)27(38)25-18(26(19)37)5-4-6-21(25)42-30-29(40)32(41,28(39)22(14-35)43-30)15-31(8-2-3-9-31)17-7-10-34-23(33)13-17/h11-12,17-19,21-25,28-30,34-36,39-41H,2-10,13-15,33H2,1H3/t17?,18?,19-,21?,22-,23?,24+,25?,28-,29+,30+,32+/m1/s1. The normalized spacial score (nSPS) is 46.5. The van der Waals surface area contributed by atoms with E-state index < -0.39 is 66.6 Å². The summed E-state index contributed by atoms with van der Waals surface area (Å²) in [7, 11) is 0. The molecule has 0 aromatic rings. The predicted molar refractivity (Wildman–Crippen MR) is 154 cm³/mol. The first-order valence-corrected chi connectivity index (χ1v) is 16.1. The summed E-state index contributed by atoms with van der Waals surface area (Å²) in [5.41, 5.74) is 4.59. The van der Waals surface area contributed by atoms with Crippen molar-refractivity contribution in [3.05, 3.63) is 23.5 Å². The molecule has 2 heterocycles. The Morgan fingerprint density at radius 3 is 2.53 bits per heavy atom. The monoisotopic (exact) mass is 604 g/mol. The first kappa shape index (κ1) is 31.3. The van der Waals surface area contributed by atoms with E-state index in [-0.39, 0.29) is 41.2 Å². The summed E-state index contributed by atoms with van der Waals surface area (Å²) in [6.07, 6.45) is 3.24. The summed E-state index contributed by atoms with van der Waals surface area (Å²) in [5.74, 6) is -3.43. The Kier molecular flexibility index (Phi) is 8.66. The molecule has 8 N–H and O–H groups in total. The number of Topliss-reactive ketones (excluding diaryl/α,β-unsaturated/α-hetero) is 2. The van der Waals surface area contributed by atoms with Gasteiger partial charge in [-0.05, 0) is 75.8 Å². The number of rotatable bonds is 6. The molecule has 5 fully saturated rings. The number of carbonyl (C=O) groups is 2. The Morgan fingerprint density at radius 2 is 1.84 bits per heavy atom. The van der Waals surface area contributed by atoms with Crippen LogP contribution in [0.3, 0.4) is 0 Å². The van der Waals surface area contributed by atoms with E-state index >= 15 is 0 Å². The van der Waals surface area contributed by atoms with Crippen LogP contribution in [0.2, 0.25) is 0 Å². The number of aliphatic hydroxyl groups excluding tert-OH is 4. The molecule has 5 unspecified atom stereocenters. The molecule has 0 radical (unpaired) electrons. The van der Waals surface area contributed by atoms with Crippen LogP contribution in [-0.2, 0) is 19.1 Å². The van der Waals surface area contributed by atoms with E-state index in [1.807, 2.05) is 0 Å². The quantitative estimate of drug-likeness (QED) is 0.229. The van der Waals surface area contributed by atoms with Crippen molar-refractivity contribution in [1.82, 2.24) is 5.32 Å². The lowest BCUT2D eigenvalue weighted by atomic mass is 9.59. The minimum absolute atomic E-state index is 0.0989. The van der Waals surface area contributed by atoms with Gasteiger partial charge in [0, 0.05) is 5.92 Å². The lowest BCUT2D eigenvalue weighted by molar-refractivity contribution is -0.350. The first-order chi connectivity index (χ1) is 20.5. The number of hydrogen-bond acceptors (Lipinski definition) is 11. The van der Waals surface area contributed by atoms with Crippen LogP contribution in [0.1, 0.15) is 71.1 Å². The van der Waals surface area contributed by atoms with Gasteiger partial charge in [-0.2, -0.15) is 0 Å². The molecule has 11 nitrogen and oxygen atoms in total. The Bertz CT molecular complexity index is 1150. The second-order valence-corrected chi connectivity index (χ2v) is 14.2. The summed E-state index contributed by atoms with van der Waals surface area (Å²) >= 11 is 0. The van der Waals surface area contributed by atoms with Gasteiger partial charge in [0.2, 0.25) is 0 Å². The number of fused-ring (bicyclic) bond motifs is 2. The lowest BCUT2D eigenvalue weighted by Gasteiger charge is -2.54. The van der Waals surface area contributed by atoms with Crippen LogP contribution < -0.4 is 11.1 Å². The van der Waals surface area contributed by atoms with Gasteiger partial charge in [0.1, 0.15) is 35.5 Å². The van der Waals surface area contributed by atoms with Crippen LogP contribution in [0.5, 0.6) is 0 Å². The number of aliphatic hydroxyl groups is 5. The molecule has 0 amide bonds. The summed E-state index contributed by atoms with van der Waals surface area (Å²) in [6, 6.07) is 0. The molecule has 2 aliphatic heterocycles. The van der Waals surface area contributed by atoms with Crippen LogP contribution in [0.25, 0.3) is 0 Å². The first-order valence-electron chi connectivity index (χ1n) is 16.1. The molecule has 0 aromatic heterocycles. The van der Waals surface area contributed by atoms with Crippen molar-refractivity contribution in [2.45, 2.75) is 114 Å². The van der Waals surface area contributed by atoms with E-state index in [0.717, 1.165) is 50.6 Å². The number of hydrogen-bond donors (Lipinski definition) is 7. The van der Waals surface area contributed by atoms with E-state index in [9.17, 15) is 35.1 Å². The van der Waals surface area contributed by atoms with Gasteiger partial charge in [0.05, 0.1) is 36.6 Å². The van der Waals surface area contributed by atoms with Crippen LogP contribution in [0.4, 0.5) is 0 Å². The molecular weight excluding hydrogens is 556 g/mol. The summed E-state index contributed by atoms with van der Waals surface area (Å²) in [6.45, 7) is 1.93. The molecule has 2 saturated heterocycles. The van der Waals surface area contributed by atoms with E-state index in [0.29, 0.717) is 19.3 Å². The molecule has 0 bridgehead atoms. The van der Waals surface area contributed by atoms with Gasteiger partial charge in [-0.1, -0.05) is 30.9 Å². The van der Waals surface area contributed by atoms with E-state index in [1.165, 1.54) is 6.08 Å². The number of nitrogens with one attached hydrogen (secondary N) is 1. The fourth-order valence-corrected chi connectivity index (χ4v) is 9.53. The maximum Gasteiger partial charge on any atom is 0.187 e. The van der Waals surface area contributed by atoms with Crippen LogP contribution in [0.15, 0.2) is 23.5 Å². The maximum atomic E-state index is 13.9. The molecule has 6 rings (SSSR count). The lowest BCUT2D eigenvalue weighted by Crippen LogP contribution is -2.69. The second-order valence-electron chi connectivity index (χ2n) is 14.2. The smallest absolute Gasteiger partial charge is 0.187 e. The largest absolute Gasteiger partial charge is 0.512 e. The van der Waals surface area contributed by atoms with E-state index in [2.05, 4.69) is 5.32 Å². The van der Waals surface area contributed by atoms with Gasteiger partial charge in [0.25, 0.3) is 0 Å². The molecule has 6 aliphatic rings. The molecule has 0 aromatic carbocycles. The van der Waals surface area contributed by atoms with Crippen molar-refractivity contribution in [2.75, 3.05) is 13.2 Å². The minimum Gasteiger partial charge on any atom is -0.512 e. The molecule has 12 atom stereocenters. The van der Waals surface area contributed by atoms with Gasteiger partial charge < -0.3 is 46.1 Å². The van der Waals surface area contributed by atoms with Crippen molar-refractivity contribution in [3.8, 4) is 0 Å². The minimum atomic E-state index is -2.05. The highest BCUT2D eigenvalue weighted by Crippen LogP contribution is 2.55. The average Bonchev–Trinajstić information content (AvgIpc) is 3.45. The Hall–Kier alpha value is -1.70. The number of nitrogens with two attached hydrogens (primary N) is 1. The third kappa shape index (κ3) is 5.33. The van der Waals surface area contributed by atoms with Crippen LogP contribution >= 0.6 is 0 Å². The zero-order valence-electron chi connectivity index (χ0n) is 24.9. The number of ether oxygens (including phenoxy) is 2. The highest BCUT2D eigenvalue weighted by Gasteiger charge is 2.61. The summed E-state index contributed by atoms with van der Waals surface area (Å²) in [4.78, 5) is 27.4. The van der Waals surface area contributed by atoms with Gasteiger partial charge >= 0.3 is 0 Å². The maximum absolute atomic E-state index is 13.9. The zero-order chi connectivity index (χ0) is 30.7. The Balaban J connectivity index is 1.26. The molecule has 0 spiro atoms. The molecular formula is C32H48N2O9. The zero-order valence-corrected chi connectivity index (χ0v) is 24.9. The number of allylic oxidation sites excluding steroid dienone is 4. The topological polar surface area (TPSA) is 192 Å². The van der Waals surface area contributed by atoms with E-state index in [1.54, 1.807) is 13.0 Å². The average molecular weight is 605 g/mol. The second kappa shape index (κ2) is 11.9. The fraction of sp³-hybridized carbons (Fsp3) is 0.812. The number of ketones is 2. The molecule has 240 valence electrons. The van der Waals surface area contributed by atoms with Crippen molar-refractivity contribution in [1.29, 1.82) is 0 Å².